The van der Waals surface area contributed by atoms with Crippen LogP contribution in [0.2, 0.25) is 0 Å². The topological polar surface area (TPSA) is 35.6 Å². The maximum absolute atomic E-state index is 4.77. The van der Waals surface area contributed by atoms with E-state index in [1.54, 1.807) is 0 Å². The van der Waals surface area contributed by atoms with Gasteiger partial charge in [-0.15, -0.1) is 0 Å². The number of nitrogens with zero attached hydrogens (tertiary/aromatic N) is 4. The lowest BCUT2D eigenvalue weighted by molar-refractivity contribution is 0.288. The van der Waals surface area contributed by atoms with Crippen molar-refractivity contribution >= 4 is 0 Å². The number of hydrogen-bond donors (Lipinski definition) is 0. The quantitative estimate of drug-likeness (QED) is 0.829. The Kier molecular flexibility index (Phi) is 2.13. The summed E-state index contributed by atoms with van der Waals surface area (Å²) in [4.78, 5) is 0. The zero-order valence-electron chi connectivity index (χ0n) is 10.7. The van der Waals surface area contributed by atoms with Crippen molar-refractivity contribution < 1.29 is 0 Å². The molecule has 0 radical (unpaired) electrons. The summed E-state index contributed by atoms with van der Waals surface area (Å²) in [5.41, 5.74) is 2.64. The highest BCUT2D eigenvalue weighted by Crippen LogP contribution is 2.54. The number of hydrogen-bond acceptors (Lipinski definition) is 2. The fourth-order valence-electron chi connectivity index (χ4n) is 2.93. The molecule has 2 atom stereocenters. The standard InChI is InChI=1S/C14H18N4/c1-17-9-10(8-15-17)12-7-13(12)14-5-6-18(16-14)11-3-2-4-11/h5-6,8-9,11-13H,2-4,7H2,1H3/t12-,13+/m0/s1. The van der Waals surface area contributed by atoms with E-state index in [-0.39, 0.29) is 0 Å². The molecule has 2 aromatic rings. The molecular weight excluding hydrogens is 224 g/mol. The second kappa shape index (κ2) is 3.70. The Morgan fingerprint density at radius 1 is 1.28 bits per heavy atom. The predicted octanol–water partition coefficient (Wildman–Crippen LogP) is 2.61. The largest absolute Gasteiger partial charge is 0.276 e. The Morgan fingerprint density at radius 3 is 2.83 bits per heavy atom. The molecule has 4 nitrogen and oxygen atoms in total. The fraction of sp³-hybridized carbons (Fsp3) is 0.571. The monoisotopic (exact) mass is 242 g/mol. The lowest BCUT2D eigenvalue weighted by Gasteiger charge is -2.25. The van der Waals surface area contributed by atoms with Gasteiger partial charge in [-0.25, -0.2) is 0 Å². The second-order valence-electron chi connectivity index (χ2n) is 5.70. The first-order valence-corrected chi connectivity index (χ1v) is 6.85. The van der Waals surface area contributed by atoms with Crippen LogP contribution in [0.25, 0.3) is 0 Å². The van der Waals surface area contributed by atoms with Crippen molar-refractivity contribution in [1.82, 2.24) is 19.6 Å². The number of rotatable bonds is 3. The van der Waals surface area contributed by atoms with Gasteiger partial charge in [-0.3, -0.25) is 9.36 Å². The van der Waals surface area contributed by atoms with Gasteiger partial charge in [0, 0.05) is 25.4 Å². The van der Waals surface area contributed by atoms with Crippen molar-refractivity contribution in [3.05, 3.63) is 35.9 Å². The number of aromatic nitrogens is 4. The van der Waals surface area contributed by atoms with Crippen LogP contribution in [-0.2, 0) is 7.05 Å². The summed E-state index contributed by atoms with van der Waals surface area (Å²) < 4.78 is 4.06. The molecular formula is C14H18N4. The van der Waals surface area contributed by atoms with E-state index in [0.717, 1.165) is 0 Å². The average molecular weight is 242 g/mol. The van der Waals surface area contributed by atoms with Gasteiger partial charge in [0.05, 0.1) is 17.9 Å². The lowest BCUT2D eigenvalue weighted by Crippen LogP contribution is -2.17. The fourth-order valence-corrected chi connectivity index (χ4v) is 2.93. The SMILES string of the molecule is Cn1cc([C@@H]2C[C@H]2c2ccn(C3CCC3)n2)cn1. The van der Waals surface area contributed by atoms with Gasteiger partial charge >= 0.3 is 0 Å². The van der Waals surface area contributed by atoms with E-state index < -0.39 is 0 Å². The Bertz CT molecular complexity index is 564. The zero-order valence-corrected chi connectivity index (χ0v) is 10.7. The second-order valence-corrected chi connectivity index (χ2v) is 5.70. The minimum absolute atomic E-state index is 0.621. The molecule has 94 valence electrons. The summed E-state index contributed by atoms with van der Waals surface area (Å²) in [7, 11) is 1.98. The highest BCUT2D eigenvalue weighted by Gasteiger charge is 2.42. The molecule has 2 fully saturated rings. The first kappa shape index (κ1) is 10.4. The highest BCUT2D eigenvalue weighted by molar-refractivity contribution is 5.30. The average Bonchev–Trinajstić information content (AvgIpc) is 2.74. The van der Waals surface area contributed by atoms with Crippen molar-refractivity contribution in [3.8, 4) is 0 Å². The molecule has 0 amide bonds. The van der Waals surface area contributed by atoms with E-state index >= 15 is 0 Å². The normalized spacial score (nSPS) is 27.2. The van der Waals surface area contributed by atoms with E-state index in [0.29, 0.717) is 17.9 Å². The molecule has 2 aliphatic carbocycles. The van der Waals surface area contributed by atoms with E-state index in [9.17, 15) is 0 Å². The molecule has 4 rings (SSSR count). The Balaban J connectivity index is 1.50. The van der Waals surface area contributed by atoms with Crippen LogP contribution in [0.3, 0.4) is 0 Å². The molecule has 0 N–H and O–H groups in total. The van der Waals surface area contributed by atoms with Crippen molar-refractivity contribution in [2.45, 2.75) is 43.6 Å². The van der Waals surface area contributed by atoms with Crippen LogP contribution in [0.15, 0.2) is 24.7 Å². The Labute approximate surface area is 107 Å². The van der Waals surface area contributed by atoms with Gasteiger partial charge in [-0.05, 0) is 43.2 Å². The summed E-state index contributed by atoms with van der Waals surface area (Å²) in [5.74, 6) is 1.26. The predicted molar refractivity (Wildman–Crippen MR) is 68.4 cm³/mol. The first-order valence-electron chi connectivity index (χ1n) is 6.85. The van der Waals surface area contributed by atoms with E-state index in [1.165, 1.54) is 36.9 Å². The molecule has 18 heavy (non-hydrogen) atoms. The Hall–Kier alpha value is -1.58. The van der Waals surface area contributed by atoms with Crippen LogP contribution in [-0.4, -0.2) is 19.6 Å². The molecule has 2 saturated carbocycles. The third-order valence-corrected chi connectivity index (χ3v) is 4.40. The van der Waals surface area contributed by atoms with Gasteiger partial charge in [0.25, 0.3) is 0 Å². The van der Waals surface area contributed by atoms with Crippen LogP contribution in [0.5, 0.6) is 0 Å². The minimum Gasteiger partial charge on any atom is -0.276 e. The molecule has 0 aliphatic heterocycles. The maximum Gasteiger partial charge on any atom is 0.0661 e. The van der Waals surface area contributed by atoms with Gasteiger partial charge < -0.3 is 0 Å². The summed E-state index contributed by atoms with van der Waals surface area (Å²) in [6.07, 6.45) is 11.5. The highest BCUT2D eigenvalue weighted by atomic mass is 15.3. The molecule has 0 spiro atoms. The molecule has 0 unspecified atom stereocenters. The summed E-state index contributed by atoms with van der Waals surface area (Å²) in [6.45, 7) is 0. The molecule has 0 aromatic carbocycles. The van der Waals surface area contributed by atoms with Crippen LogP contribution in [0.4, 0.5) is 0 Å². The van der Waals surface area contributed by atoms with Crippen LogP contribution < -0.4 is 0 Å². The van der Waals surface area contributed by atoms with Gasteiger partial charge in [0.2, 0.25) is 0 Å². The molecule has 2 aromatic heterocycles. The smallest absolute Gasteiger partial charge is 0.0661 e. The van der Waals surface area contributed by atoms with Crippen LogP contribution >= 0.6 is 0 Å². The molecule has 0 saturated heterocycles. The van der Waals surface area contributed by atoms with E-state index in [2.05, 4.69) is 28.2 Å². The summed E-state index contributed by atoms with van der Waals surface area (Å²) >= 11 is 0. The molecule has 4 heteroatoms. The van der Waals surface area contributed by atoms with Crippen molar-refractivity contribution in [1.29, 1.82) is 0 Å². The van der Waals surface area contributed by atoms with Crippen molar-refractivity contribution in [2.75, 3.05) is 0 Å². The van der Waals surface area contributed by atoms with Gasteiger partial charge in [-0.2, -0.15) is 10.2 Å². The van der Waals surface area contributed by atoms with Gasteiger partial charge in [0.1, 0.15) is 0 Å². The third-order valence-electron chi connectivity index (χ3n) is 4.40. The minimum atomic E-state index is 0.621. The third kappa shape index (κ3) is 1.59. The van der Waals surface area contributed by atoms with Gasteiger partial charge in [-0.1, -0.05) is 0 Å². The van der Waals surface area contributed by atoms with Crippen molar-refractivity contribution in [2.24, 2.45) is 7.05 Å². The van der Waals surface area contributed by atoms with E-state index in [4.69, 9.17) is 5.10 Å². The van der Waals surface area contributed by atoms with Gasteiger partial charge in [0.15, 0.2) is 0 Å². The molecule has 2 heterocycles. The maximum atomic E-state index is 4.77. The zero-order chi connectivity index (χ0) is 12.1. The van der Waals surface area contributed by atoms with Crippen LogP contribution in [0.1, 0.15) is 54.8 Å². The summed E-state index contributed by atoms with van der Waals surface area (Å²) in [5, 5.41) is 9.02. The first-order chi connectivity index (χ1) is 8.81. The number of aryl methyl sites for hydroxylation is 1. The van der Waals surface area contributed by atoms with Crippen molar-refractivity contribution in [3.63, 3.8) is 0 Å². The molecule has 0 bridgehead atoms. The lowest BCUT2D eigenvalue weighted by atomic mass is 9.93. The Morgan fingerprint density at radius 2 is 2.17 bits per heavy atom. The molecule has 2 aliphatic rings. The van der Waals surface area contributed by atoms with E-state index in [1.807, 2.05) is 17.9 Å². The summed E-state index contributed by atoms with van der Waals surface area (Å²) in [6, 6.07) is 2.88. The van der Waals surface area contributed by atoms with Crippen LogP contribution in [0, 0.1) is 0 Å².